The van der Waals surface area contributed by atoms with Crippen LogP contribution in [0.25, 0.3) is 0 Å². The Hall–Kier alpha value is -2.82. The minimum atomic E-state index is -1.02. The zero-order valence-corrected chi connectivity index (χ0v) is 11.8. The van der Waals surface area contributed by atoms with Crippen molar-refractivity contribution in [3.05, 3.63) is 59.2 Å². The molecule has 3 N–H and O–H groups in total. The van der Waals surface area contributed by atoms with E-state index in [1.807, 2.05) is 19.1 Å². The molecule has 0 unspecified atom stereocenters. The topological polar surface area (TPSA) is 78.4 Å². The maximum Gasteiger partial charge on any atom is 0.336 e. The number of aromatic carboxylic acids is 1. The number of rotatable bonds is 3. The van der Waals surface area contributed by atoms with Crippen LogP contribution in [-0.2, 0) is 0 Å². The van der Waals surface area contributed by atoms with Gasteiger partial charge in [-0.2, -0.15) is 0 Å². The number of hydrogen-bond donors (Lipinski definition) is 3. The van der Waals surface area contributed by atoms with E-state index in [-0.39, 0.29) is 5.56 Å². The molecule has 2 aromatic carbocycles. The lowest BCUT2D eigenvalue weighted by Gasteiger charge is -2.09. The number of carbonyl (C=O) groups excluding carboxylic acids is 1. The molecule has 0 saturated heterocycles. The molecule has 21 heavy (non-hydrogen) atoms. The number of hydrogen-bond acceptors (Lipinski definition) is 2. The van der Waals surface area contributed by atoms with Crippen LogP contribution in [0.1, 0.15) is 21.5 Å². The number of nitrogens with one attached hydrogen (secondary N) is 2. The highest BCUT2D eigenvalue weighted by molar-refractivity contribution is 6.00. The lowest BCUT2D eigenvalue weighted by atomic mass is 10.1. The van der Waals surface area contributed by atoms with E-state index >= 15 is 0 Å². The van der Waals surface area contributed by atoms with Crippen molar-refractivity contribution in [2.24, 2.45) is 0 Å². The number of carboxylic acid groups (broad SMARTS) is 1. The summed E-state index contributed by atoms with van der Waals surface area (Å²) >= 11 is 0. The molecule has 0 spiro atoms. The average Bonchev–Trinajstić information content (AvgIpc) is 2.43. The van der Waals surface area contributed by atoms with Crippen LogP contribution in [0.5, 0.6) is 0 Å². The molecular formula is C16H16N2O3. The van der Waals surface area contributed by atoms with Gasteiger partial charge in [0, 0.05) is 11.4 Å². The second kappa shape index (κ2) is 6.09. The van der Waals surface area contributed by atoms with E-state index in [1.165, 1.54) is 6.07 Å². The number of carboxylic acids is 1. The van der Waals surface area contributed by atoms with Crippen molar-refractivity contribution in [2.75, 3.05) is 10.6 Å². The Morgan fingerprint density at radius 3 is 2.10 bits per heavy atom. The zero-order valence-electron chi connectivity index (χ0n) is 11.8. The van der Waals surface area contributed by atoms with Crippen LogP contribution in [0.3, 0.4) is 0 Å². The van der Waals surface area contributed by atoms with Gasteiger partial charge < -0.3 is 15.7 Å². The van der Waals surface area contributed by atoms with E-state index < -0.39 is 12.0 Å². The van der Waals surface area contributed by atoms with E-state index in [2.05, 4.69) is 10.6 Å². The van der Waals surface area contributed by atoms with E-state index in [0.717, 1.165) is 5.56 Å². The lowest BCUT2D eigenvalue weighted by Crippen LogP contribution is -2.19. The van der Waals surface area contributed by atoms with Crippen LogP contribution in [0, 0.1) is 13.8 Å². The maximum absolute atomic E-state index is 11.9. The molecule has 0 saturated carbocycles. The fraction of sp³-hybridized carbons (Fsp3) is 0.125. The molecule has 5 heteroatoms. The third-order valence-electron chi connectivity index (χ3n) is 3.04. The van der Waals surface area contributed by atoms with Crippen molar-refractivity contribution in [1.29, 1.82) is 0 Å². The largest absolute Gasteiger partial charge is 0.478 e. The molecule has 0 aliphatic rings. The SMILES string of the molecule is Cc1ccc(NC(=O)Nc2ccc(C)c(C(=O)O)c2)cc1. The molecule has 2 amide bonds. The van der Waals surface area contributed by atoms with Gasteiger partial charge >= 0.3 is 12.0 Å². The number of aryl methyl sites for hydroxylation is 2. The standard InChI is InChI=1S/C16H16N2O3/c1-10-3-6-12(7-4-10)17-16(21)18-13-8-5-11(2)14(9-13)15(19)20/h3-9H,1-2H3,(H,19,20)(H2,17,18,21). The maximum atomic E-state index is 11.9. The minimum Gasteiger partial charge on any atom is -0.478 e. The van der Waals surface area contributed by atoms with Crippen LogP contribution in [0.2, 0.25) is 0 Å². The first-order valence-corrected chi connectivity index (χ1v) is 6.44. The molecule has 0 radical (unpaired) electrons. The summed E-state index contributed by atoms with van der Waals surface area (Å²) in [5.41, 5.74) is 3.02. The van der Waals surface area contributed by atoms with E-state index in [0.29, 0.717) is 16.9 Å². The Labute approximate surface area is 122 Å². The summed E-state index contributed by atoms with van der Waals surface area (Å²) < 4.78 is 0. The van der Waals surface area contributed by atoms with Crippen molar-refractivity contribution in [1.82, 2.24) is 0 Å². The first-order valence-electron chi connectivity index (χ1n) is 6.44. The number of amides is 2. The van der Waals surface area contributed by atoms with Gasteiger partial charge in [0.25, 0.3) is 0 Å². The van der Waals surface area contributed by atoms with Gasteiger partial charge in [-0.05, 0) is 43.7 Å². The Balaban J connectivity index is 2.07. The molecule has 0 bridgehead atoms. The van der Waals surface area contributed by atoms with Crippen LogP contribution >= 0.6 is 0 Å². The third-order valence-corrected chi connectivity index (χ3v) is 3.04. The molecule has 2 rings (SSSR count). The van der Waals surface area contributed by atoms with Crippen LogP contribution in [0.15, 0.2) is 42.5 Å². The smallest absolute Gasteiger partial charge is 0.336 e. The van der Waals surface area contributed by atoms with Gasteiger partial charge in [0.15, 0.2) is 0 Å². The van der Waals surface area contributed by atoms with E-state index in [1.54, 1.807) is 31.2 Å². The molecule has 0 aliphatic carbocycles. The number of benzene rings is 2. The number of urea groups is 1. The van der Waals surface area contributed by atoms with Crippen molar-refractivity contribution in [3.63, 3.8) is 0 Å². The molecule has 0 aliphatic heterocycles. The predicted molar refractivity (Wildman–Crippen MR) is 82.0 cm³/mol. The Morgan fingerprint density at radius 2 is 1.48 bits per heavy atom. The summed E-state index contributed by atoms with van der Waals surface area (Å²) in [6, 6.07) is 11.7. The summed E-state index contributed by atoms with van der Waals surface area (Å²) in [6.45, 7) is 3.67. The molecular weight excluding hydrogens is 268 g/mol. The first kappa shape index (κ1) is 14.6. The second-order valence-electron chi connectivity index (χ2n) is 4.78. The molecule has 108 valence electrons. The van der Waals surface area contributed by atoms with E-state index in [4.69, 9.17) is 5.11 Å². The summed E-state index contributed by atoms with van der Waals surface area (Å²) in [7, 11) is 0. The quantitative estimate of drug-likeness (QED) is 0.805. The highest BCUT2D eigenvalue weighted by Gasteiger charge is 2.09. The van der Waals surface area contributed by atoms with Crippen LogP contribution in [0.4, 0.5) is 16.2 Å². The summed E-state index contributed by atoms with van der Waals surface area (Å²) in [4.78, 5) is 22.9. The van der Waals surface area contributed by atoms with Gasteiger partial charge in [0.2, 0.25) is 0 Å². The van der Waals surface area contributed by atoms with E-state index in [9.17, 15) is 9.59 Å². The zero-order chi connectivity index (χ0) is 15.4. The number of anilines is 2. The fourth-order valence-electron chi connectivity index (χ4n) is 1.86. The van der Waals surface area contributed by atoms with Crippen molar-refractivity contribution < 1.29 is 14.7 Å². The van der Waals surface area contributed by atoms with Crippen molar-refractivity contribution in [3.8, 4) is 0 Å². The highest BCUT2D eigenvalue weighted by Crippen LogP contribution is 2.16. The predicted octanol–water partition coefficient (Wildman–Crippen LogP) is 3.65. The molecule has 0 atom stereocenters. The molecule has 2 aromatic rings. The normalized spacial score (nSPS) is 10.0. The Morgan fingerprint density at radius 1 is 0.905 bits per heavy atom. The van der Waals surface area contributed by atoms with Crippen molar-refractivity contribution >= 4 is 23.4 Å². The molecule has 0 aromatic heterocycles. The molecule has 5 nitrogen and oxygen atoms in total. The first-order chi connectivity index (χ1) is 9.95. The van der Waals surface area contributed by atoms with Crippen LogP contribution < -0.4 is 10.6 Å². The van der Waals surface area contributed by atoms with Gasteiger partial charge in [-0.25, -0.2) is 9.59 Å². The fourth-order valence-corrected chi connectivity index (χ4v) is 1.86. The summed E-state index contributed by atoms with van der Waals surface area (Å²) in [6.07, 6.45) is 0. The second-order valence-corrected chi connectivity index (χ2v) is 4.78. The van der Waals surface area contributed by atoms with Crippen molar-refractivity contribution in [2.45, 2.75) is 13.8 Å². The molecule has 0 fully saturated rings. The van der Waals surface area contributed by atoms with Crippen LogP contribution in [-0.4, -0.2) is 17.1 Å². The summed E-state index contributed by atoms with van der Waals surface area (Å²) in [5.74, 6) is -1.02. The van der Waals surface area contributed by atoms with Gasteiger partial charge in [-0.3, -0.25) is 0 Å². The van der Waals surface area contributed by atoms with Gasteiger partial charge in [0.05, 0.1) is 5.56 Å². The molecule has 0 heterocycles. The Kier molecular flexibility index (Phi) is 4.23. The van der Waals surface area contributed by atoms with Gasteiger partial charge in [0.1, 0.15) is 0 Å². The Bertz CT molecular complexity index is 678. The minimum absolute atomic E-state index is 0.170. The van der Waals surface area contributed by atoms with Gasteiger partial charge in [-0.15, -0.1) is 0 Å². The third kappa shape index (κ3) is 3.82. The highest BCUT2D eigenvalue weighted by atomic mass is 16.4. The lowest BCUT2D eigenvalue weighted by molar-refractivity contribution is 0.0696. The monoisotopic (exact) mass is 284 g/mol. The average molecular weight is 284 g/mol. The number of carbonyl (C=O) groups is 2. The van der Waals surface area contributed by atoms with Gasteiger partial charge in [-0.1, -0.05) is 23.8 Å². The summed E-state index contributed by atoms with van der Waals surface area (Å²) in [5, 5.41) is 14.4.